The number of hydrogen-bond donors (Lipinski definition) is 1. The van der Waals surface area contributed by atoms with Crippen LogP contribution in [0.15, 0.2) is 53.4 Å². The number of nitrogens with zero attached hydrogens (tertiary/aromatic N) is 1. The van der Waals surface area contributed by atoms with Gasteiger partial charge in [-0.25, -0.2) is 0 Å². The van der Waals surface area contributed by atoms with E-state index in [-0.39, 0.29) is 17.9 Å². The maximum absolute atomic E-state index is 13.2. The zero-order valence-electron chi connectivity index (χ0n) is 18.3. The zero-order valence-corrected chi connectivity index (χ0v) is 19.8. The molecule has 6 heteroatoms. The Labute approximate surface area is 194 Å². The van der Waals surface area contributed by atoms with Gasteiger partial charge in [0.15, 0.2) is 0 Å². The highest BCUT2D eigenvalue weighted by molar-refractivity contribution is 7.99. The van der Waals surface area contributed by atoms with Crippen LogP contribution in [0.5, 0.6) is 0 Å². The average molecular weight is 459 g/mol. The molecule has 1 atom stereocenters. The molecular formula is C25H31ClN2O2S. The lowest BCUT2D eigenvalue weighted by atomic mass is 10.1. The number of benzene rings is 2. The van der Waals surface area contributed by atoms with Crippen molar-refractivity contribution in [1.82, 2.24) is 10.2 Å². The van der Waals surface area contributed by atoms with Crippen LogP contribution in [0.1, 0.15) is 50.2 Å². The van der Waals surface area contributed by atoms with Crippen molar-refractivity contribution in [3.8, 4) is 0 Å². The molecule has 2 amide bonds. The average Bonchev–Trinajstić information content (AvgIpc) is 3.26. The molecule has 1 fully saturated rings. The van der Waals surface area contributed by atoms with Gasteiger partial charge < -0.3 is 10.2 Å². The lowest BCUT2D eigenvalue weighted by Gasteiger charge is -2.30. The van der Waals surface area contributed by atoms with Crippen LogP contribution in [0, 0.1) is 6.92 Å². The fourth-order valence-corrected chi connectivity index (χ4v) is 4.88. The van der Waals surface area contributed by atoms with Crippen molar-refractivity contribution in [3.05, 3.63) is 64.7 Å². The maximum atomic E-state index is 13.2. The van der Waals surface area contributed by atoms with Crippen molar-refractivity contribution < 1.29 is 9.59 Å². The highest BCUT2D eigenvalue weighted by atomic mass is 35.5. The van der Waals surface area contributed by atoms with Gasteiger partial charge in [-0.15, -0.1) is 11.8 Å². The van der Waals surface area contributed by atoms with E-state index in [1.165, 1.54) is 0 Å². The van der Waals surface area contributed by atoms with Crippen molar-refractivity contribution in [1.29, 1.82) is 0 Å². The van der Waals surface area contributed by atoms with Gasteiger partial charge in [0, 0.05) is 34.7 Å². The second-order valence-electron chi connectivity index (χ2n) is 8.23. The Hall–Kier alpha value is -1.98. The molecule has 0 aromatic heterocycles. The Kier molecular flexibility index (Phi) is 8.85. The third-order valence-electron chi connectivity index (χ3n) is 5.70. The van der Waals surface area contributed by atoms with Crippen molar-refractivity contribution in [2.24, 2.45) is 0 Å². The van der Waals surface area contributed by atoms with Crippen LogP contribution < -0.4 is 5.32 Å². The van der Waals surface area contributed by atoms with E-state index in [4.69, 9.17) is 11.6 Å². The van der Waals surface area contributed by atoms with E-state index < -0.39 is 6.04 Å². The lowest BCUT2D eigenvalue weighted by Crippen LogP contribution is -2.49. The Balaban J connectivity index is 1.65. The fraction of sp³-hybridized carbons (Fsp3) is 0.440. The van der Waals surface area contributed by atoms with E-state index in [9.17, 15) is 9.59 Å². The van der Waals surface area contributed by atoms with Crippen molar-refractivity contribution >= 4 is 35.2 Å². The Morgan fingerprint density at radius 2 is 1.87 bits per heavy atom. The van der Waals surface area contributed by atoms with E-state index in [2.05, 4.69) is 11.4 Å². The first-order chi connectivity index (χ1) is 14.9. The predicted molar refractivity (Wildman–Crippen MR) is 128 cm³/mol. The summed E-state index contributed by atoms with van der Waals surface area (Å²) < 4.78 is 0. The van der Waals surface area contributed by atoms with Crippen LogP contribution in [-0.2, 0) is 16.1 Å². The number of halogens is 1. The number of rotatable bonds is 9. The molecule has 2 aromatic rings. The van der Waals surface area contributed by atoms with Gasteiger partial charge in [-0.1, -0.05) is 54.3 Å². The molecule has 0 aliphatic heterocycles. The lowest BCUT2D eigenvalue weighted by molar-refractivity contribution is -0.140. The molecule has 3 rings (SSSR count). The second-order valence-corrected chi connectivity index (χ2v) is 9.83. The van der Waals surface area contributed by atoms with Gasteiger partial charge in [0.1, 0.15) is 6.04 Å². The summed E-state index contributed by atoms with van der Waals surface area (Å²) in [6.07, 6.45) is 4.75. The highest BCUT2D eigenvalue weighted by Gasteiger charge is 2.28. The van der Waals surface area contributed by atoms with Crippen LogP contribution in [0.25, 0.3) is 0 Å². The largest absolute Gasteiger partial charge is 0.352 e. The molecule has 4 nitrogen and oxygen atoms in total. The van der Waals surface area contributed by atoms with Crippen molar-refractivity contribution in [2.45, 2.75) is 69.5 Å². The smallest absolute Gasteiger partial charge is 0.242 e. The summed E-state index contributed by atoms with van der Waals surface area (Å²) in [7, 11) is 0. The molecule has 0 spiro atoms. The summed E-state index contributed by atoms with van der Waals surface area (Å²) in [5.41, 5.74) is 2.19. The topological polar surface area (TPSA) is 49.4 Å². The minimum Gasteiger partial charge on any atom is -0.352 e. The summed E-state index contributed by atoms with van der Waals surface area (Å²) in [4.78, 5) is 28.9. The standard InChI is InChI=1S/C25H31ClN2O2S/c1-18-6-5-7-20(16-18)17-28(19(2)25(30)27-22-8-3-4-9-22)24(29)14-15-31-23-12-10-21(26)11-13-23/h5-7,10-13,16,19,22H,3-4,8-9,14-15,17H2,1-2H3,(H,27,30). The maximum Gasteiger partial charge on any atom is 0.242 e. The first kappa shape index (κ1) is 23.7. The van der Waals surface area contributed by atoms with Gasteiger partial charge in [-0.05, 0) is 56.5 Å². The van der Waals surface area contributed by atoms with Crippen LogP contribution >= 0.6 is 23.4 Å². The van der Waals surface area contributed by atoms with E-state index in [0.717, 1.165) is 41.7 Å². The number of carbonyl (C=O) groups excluding carboxylic acids is 2. The molecule has 166 valence electrons. The quantitative estimate of drug-likeness (QED) is 0.497. The van der Waals surface area contributed by atoms with E-state index in [1.54, 1.807) is 16.7 Å². The van der Waals surface area contributed by atoms with E-state index in [1.807, 2.05) is 56.3 Å². The molecule has 1 aliphatic carbocycles. The number of aryl methyl sites for hydroxylation is 1. The van der Waals surface area contributed by atoms with Crippen LogP contribution in [-0.4, -0.2) is 34.6 Å². The normalized spacial score (nSPS) is 14.9. The third-order valence-corrected chi connectivity index (χ3v) is 6.97. The number of thioether (sulfide) groups is 1. The van der Waals surface area contributed by atoms with Crippen LogP contribution in [0.4, 0.5) is 0 Å². The highest BCUT2D eigenvalue weighted by Crippen LogP contribution is 2.22. The Morgan fingerprint density at radius 1 is 1.16 bits per heavy atom. The van der Waals surface area contributed by atoms with Crippen LogP contribution in [0.3, 0.4) is 0 Å². The van der Waals surface area contributed by atoms with Gasteiger partial charge in [0.25, 0.3) is 0 Å². The van der Waals surface area contributed by atoms with Gasteiger partial charge in [0.05, 0.1) is 0 Å². The molecule has 1 N–H and O–H groups in total. The van der Waals surface area contributed by atoms with Gasteiger partial charge in [-0.2, -0.15) is 0 Å². The van der Waals surface area contributed by atoms with Gasteiger partial charge >= 0.3 is 0 Å². The molecule has 0 radical (unpaired) electrons. The summed E-state index contributed by atoms with van der Waals surface area (Å²) in [6.45, 7) is 4.31. The molecule has 0 saturated heterocycles. The molecule has 1 unspecified atom stereocenters. The predicted octanol–water partition coefficient (Wildman–Crippen LogP) is 5.61. The second kappa shape index (κ2) is 11.6. The molecule has 0 bridgehead atoms. The van der Waals surface area contributed by atoms with E-state index >= 15 is 0 Å². The molecule has 1 saturated carbocycles. The molecule has 0 heterocycles. The Bertz CT molecular complexity index is 881. The summed E-state index contributed by atoms with van der Waals surface area (Å²) in [5.74, 6) is 0.595. The number of nitrogens with one attached hydrogen (secondary N) is 1. The van der Waals surface area contributed by atoms with Crippen LogP contribution in [0.2, 0.25) is 5.02 Å². The fourth-order valence-electron chi connectivity index (χ4n) is 3.91. The Morgan fingerprint density at radius 3 is 2.55 bits per heavy atom. The number of amides is 2. The first-order valence-electron chi connectivity index (χ1n) is 11.0. The third kappa shape index (κ3) is 7.29. The van der Waals surface area contributed by atoms with E-state index in [0.29, 0.717) is 23.7 Å². The molecule has 2 aromatic carbocycles. The first-order valence-corrected chi connectivity index (χ1v) is 12.3. The summed E-state index contributed by atoms with van der Waals surface area (Å²) in [6, 6.07) is 15.5. The minimum atomic E-state index is -0.505. The monoisotopic (exact) mass is 458 g/mol. The molecular weight excluding hydrogens is 428 g/mol. The van der Waals surface area contributed by atoms with Gasteiger partial charge in [0.2, 0.25) is 11.8 Å². The summed E-state index contributed by atoms with van der Waals surface area (Å²) >= 11 is 7.57. The van der Waals surface area contributed by atoms with Crippen molar-refractivity contribution in [3.63, 3.8) is 0 Å². The number of hydrogen-bond acceptors (Lipinski definition) is 3. The minimum absolute atomic E-state index is 0.00274. The summed E-state index contributed by atoms with van der Waals surface area (Å²) in [5, 5.41) is 3.85. The van der Waals surface area contributed by atoms with Gasteiger partial charge in [-0.3, -0.25) is 9.59 Å². The SMILES string of the molecule is Cc1cccc(CN(C(=O)CCSc2ccc(Cl)cc2)C(C)C(=O)NC2CCCC2)c1. The zero-order chi connectivity index (χ0) is 22.2. The number of carbonyl (C=O) groups is 2. The molecule has 31 heavy (non-hydrogen) atoms. The van der Waals surface area contributed by atoms with Crippen molar-refractivity contribution in [2.75, 3.05) is 5.75 Å². The molecule has 1 aliphatic rings.